The van der Waals surface area contributed by atoms with E-state index in [2.05, 4.69) is 20.6 Å². The number of rotatable bonds is 19. The molecule has 0 aliphatic carbocycles. The van der Waals surface area contributed by atoms with Crippen LogP contribution in [-0.2, 0) is 30.3 Å². The van der Waals surface area contributed by atoms with E-state index >= 15 is 0 Å². The van der Waals surface area contributed by atoms with Gasteiger partial charge in [0.15, 0.2) is 17.4 Å². The highest BCUT2D eigenvalue weighted by molar-refractivity contribution is 5.95. The van der Waals surface area contributed by atoms with Crippen LogP contribution >= 0.6 is 0 Å². The summed E-state index contributed by atoms with van der Waals surface area (Å²) in [5, 5.41) is 15.4. The topological polar surface area (TPSA) is 203 Å². The molecule has 15 nitrogen and oxygen atoms in total. The molecule has 15 heteroatoms. The zero-order valence-electron chi connectivity index (χ0n) is 29.1. The first-order chi connectivity index (χ1) is 23.9. The van der Waals surface area contributed by atoms with E-state index in [1.165, 1.54) is 11.2 Å². The van der Waals surface area contributed by atoms with Gasteiger partial charge in [0, 0.05) is 44.0 Å². The fraction of sp³-hybridized carbons (Fsp3) is 0.514. The number of aliphatic hydroxyl groups is 1. The number of carbonyl (C=O) groups is 5. The van der Waals surface area contributed by atoms with Gasteiger partial charge in [-0.15, -0.1) is 0 Å². The van der Waals surface area contributed by atoms with Crippen LogP contribution in [0.4, 0.5) is 10.6 Å². The summed E-state index contributed by atoms with van der Waals surface area (Å²) in [5.74, 6) is -1.60. The van der Waals surface area contributed by atoms with Gasteiger partial charge >= 0.3 is 12.1 Å². The minimum atomic E-state index is -0.908. The molecular weight excluding hydrogens is 650 g/mol. The number of aldehydes is 2. The molecule has 5 atom stereocenters. The van der Waals surface area contributed by atoms with Crippen LogP contribution in [0, 0.1) is 18.8 Å². The number of amides is 2. The summed E-state index contributed by atoms with van der Waals surface area (Å²) in [4.78, 5) is 71.7. The van der Waals surface area contributed by atoms with Gasteiger partial charge in [0.2, 0.25) is 5.89 Å². The first-order valence-electron chi connectivity index (χ1n) is 16.6. The number of aromatic nitrogens is 2. The number of nitrogens with zero attached hydrogens (tertiary/aromatic N) is 3. The van der Waals surface area contributed by atoms with Gasteiger partial charge in [-0.3, -0.25) is 14.9 Å². The molecule has 0 bridgehead atoms. The number of aliphatic hydroxyl groups excluding tert-OH is 1. The Morgan fingerprint density at radius 1 is 1.16 bits per heavy atom. The molecule has 272 valence electrons. The molecular formula is C35H47N5O10. The smallest absolute Gasteiger partial charge is 0.412 e. The molecule has 3 rings (SSSR count). The third-order valence-corrected chi connectivity index (χ3v) is 7.95. The van der Waals surface area contributed by atoms with Crippen LogP contribution in [0.5, 0.6) is 0 Å². The molecule has 1 saturated heterocycles. The quantitative estimate of drug-likeness (QED) is 0.0630. The van der Waals surface area contributed by atoms with Crippen molar-refractivity contribution >= 4 is 36.4 Å². The highest BCUT2D eigenvalue weighted by Gasteiger charge is 2.39. The molecule has 2 aromatic rings. The molecule has 0 unspecified atom stereocenters. The van der Waals surface area contributed by atoms with Gasteiger partial charge in [0.1, 0.15) is 37.2 Å². The van der Waals surface area contributed by atoms with Crippen molar-refractivity contribution in [2.24, 2.45) is 11.8 Å². The third-order valence-electron chi connectivity index (χ3n) is 7.95. The average Bonchev–Trinajstić information content (AvgIpc) is 3.86. The van der Waals surface area contributed by atoms with Crippen molar-refractivity contribution < 1.29 is 47.4 Å². The number of hydrogen-bond donors (Lipinski definition) is 3. The largest absolute Gasteiger partial charge is 0.460 e. The number of anilines is 1. The second-order valence-corrected chi connectivity index (χ2v) is 12.1. The summed E-state index contributed by atoms with van der Waals surface area (Å²) in [5.41, 5.74) is 1.31. The Hall–Kier alpha value is -4.89. The molecule has 3 heterocycles. The number of oxazole rings is 2. The number of carbonyl (C=O) groups excluding carboxylic acids is 5. The molecule has 0 radical (unpaired) electrons. The van der Waals surface area contributed by atoms with Crippen LogP contribution < -0.4 is 10.6 Å². The first kappa shape index (κ1) is 39.5. The standard InChI is InChI=1S/C35H47N5O10/c1-6-27(43)15-22(2)9-7-12-36-17-26(18-42)16-23(3)32(24(4)19-49-35(46)39-30-21-47-25(5)37-30)50-34(45)29-10-8-13-40(29)33(44)28-20-48-31(38-28)11-14-41/h7,9,14-16,18,20-21,23-24,27,29,32,36,43H,6,8,10-13,17,19H2,1-5H3,(H,39,46)/b9-7+,22-15+,26-16+/t23-,24+,27+,29-,32+/m1/s1. The number of hydrogen-bond acceptors (Lipinski definition) is 13. The van der Waals surface area contributed by atoms with Gasteiger partial charge in [-0.1, -0.05) is 50.6 Å². The molecule has 0 spiro atoms. The molecule has 0 saturated carbocycles. The Morgan fingerprint density at radius 2 is 1.94 bits per heavy atom. The van der Waals surface area contributed by atoms with Gasteiger partial charge in [-0.25, -0.2) is 14.6 Å². The van der Waals surface area contributed by atoms with Gasteiger partial charge in [-0.05, 0) is 26.2 Å². The van der Waals surface area contributed by atoms with Crippen LogP contribution in [0.3, 0.4) is 0 Å². The van der Waals surface area contributed by atoms with E-state index in [-0.39, 0.29) is 37.0 Å². The van der Waals surface area contributed by atoms with Gasteiger partial charge < -0.3 is 38.4 Å². The highest BCUT2D eigenvalue weighted by atomic mass is 16.6. The van der Waals surface area contributed by atoms with Crippen molar-refractivity contribution in [2.75, 3.05) is 31.6 Å². The lowest BCUT2D eigenvalue weighted by atomic mass is 9.91. The minimum Gasteiger partial charge on any atom is -0.460 e. The van der Waals surface area contributed by atoms with Crippen molar-refractivity contribution in [3.05, 3.63) is 65.5 Å². The van der Waals surface area contributed by atoms with E-state index in [0.717, 1.165) is 18.1 Å². The summed E-state index contributed by atoms with van der Waals surface area (Å²) in [7, 11) is 0. The molecule has 2 amide bonds. The molecule has 3 N–H and O–H groups in total. The van der Waals surface area contributed by atoms with Gasteiger partial charge in [-0.2, -0.15) is 4.98 Å². The lowest BCUT2D eigenvalue weighted by Crippen LogP contribution is -2.44. The maximum absolute atomic E-state index is 13.7. The maximum atomic E-state index is 13.7. The predicted molar refractivity (Wildman–Crippen MR) is 181 cm³/mol. The Balaban J connectivity index is 1.72. The minimum absolute atomic E-state index is 0.0211. The second kappa shape index (κ2) is 19.9. The van der Waals surface area contributed by atoms with E-state index < -0.39 is 48.1 Å². The number of likely N-dealkylation sites (tertiary alicyclic amines) is 1. The normalized spacial score (nSPS) is 17.6. The monoisotopic (exact) mass is 697 g/mol. The molecule has 1 fully saturated rings. The average molecular weight is 698 g/mol. The van der Waals surface area contributed by atoms with Crippen LogP contribution in [-0.4, -0.2) is 95.0 Å². The lowest BCUT2D eigenvalue weighted by Gasteiger charge is -2.31. The van der Waals surface area contributed by atoms with Crippen LogP contribution in [0.1, 0.15) is 69.2 Å². The summed E-state index contributed by atoms with van der Waals surface area (Å²) in [6, 6.07) is -0.908. The Kier molecular flexibility index (Phi) is 15.8. The van der Waals surface area contributed by atoms with Crippen molar-refractivity contribution in [2.45, 2.75) is 78.6 Å². The number of allylic oxidation sites excluding steroid dienone is 2. The van der Waals surface area contributed by atoms with Crippen molar-refractivity contribution in [1.82, 2.24) is 20.2 Å². The third kappa shape index (κ3) is 12.2. The zero-order chi connectivity index (χ0) is 36.6. The Morgan fingerprint density at radius 3 is 2.62 bits per heavy atom. The number of nitrogens with one attached hydrogen (secondary N) is 2. The van der Waals surface area contributed by atoms with Crippen LogP contribution in [0.2, 0.25) is 0 Å². The summed E-state index contributed by atoms with van der Waals surface area (Å²) in [6.45, 7) is 9.77. The zero-order valence-corrected chi connectivity index (χ0v) is 29.1. The molecule has 1 aliphatic rings. The summed E-state index contributed by atoms with van der Waals surface area (Å²) < 4.78 is 21.7. The SMILES string of the molecule is CC[C@H](O)/C=C(C)/C=C/CNC/C(C=O)=C\[C@@H](C)[C@H](OC(=O)[C@H]1CCCN1C(=O)c1coc(CC=O)n1)[C@@H](C)COC(=O)Nc1coc(C)n1. The van der Waals surface area contributed by atoms with Crippen molar-refractivity contribution in [3.8, 4) is 0 Å². The summed E-state index contributed by atoms with van der Waals surface area (Å²) in [6.07, 6.45) is 10.3. The Labute approximate surface area is 291 Å². The van der Waals surface area contributed by atoms with Gasteiger partial charge in [0.05, 0.1) is 19.1 Å². The van der Waals surface area contributed by atoms with E-state index in [4.69, 9.17) is 18.3 Å². The van der Waals surface area contributed by atoms with Gasteiger partial charge in [0.25, 0.3) is 5.91 Å². The molecule has 50 heavy (non-hydrogen) atoms. The van der Waals surface area contributed by atoms with E-state index in [1.807, 2.05) is 26.0 Å². The first-order valence-corrected chi connectivity index (χ1v) is 16.6. The van der Waals surface area contributed by atoms with E-state index in [9.17, 15) is 29.1 Å². The van der Waals surface area contributed by atoms with Crippen LogP contribution in [0.25, 0.3) is 0 Å². The fourth-order valence-corrected chi connectivity index (χ4v) is 5.39. The number of ether oxygens (including phenoxy) is 2. The molecule has 2 aromatic heterocycles. The lowest BCUT2D eigenvalue weighted by molar-refractivity contribution is -0.159. The predicted octanol–water partition coefficient (Wildman–Crippen LogP) is 3.74. The number of esters is 1. The molecule has 1 aliphatic heterocycles. The van der Waals surface area contributed by atoms with E-state index in [0.29, 0.717) is 50.1 Å². The van der Waals surface area contributed by atoms with E-state index in [1.54, 1.807) is 32.9 Å². The molecule has 0 aromatic carbocycles. The second-order valence-electron chi connectivity index (χ2n) is 12.1. The number of aryl methyl sites for hydroxylation is 1. The van der Waals surface area contributed by atoms with Crippen LogP contribution in [0.15, 0.2) is 56.8 Å². The fourth-order valence-electron chi connectivity index (χ4n) is 5.39. The Bertz CT molecular complexity index is 1540. The van der Waals surface area contributed by atoms with Crippen molar-refractivity contribution in [1.29, 1.82) is 0 Å². The van der Waals surface area contributed by atoms with Crippen molar-refractivity contribution in [3.63, 3.8) is 0 Å². The summed E-state index contributed by atoms with van der Waals surface area (Å²) >= 11 is 0. The maximum Gasteiger partial charge on any atom is 0.412 e. The highest BCUT2D eigenvalue weighted by Crippen LogP contribution is 2.26.